The molecule has 0 spiro atoms. The number of aliphatic hydroxyl groups is 1. The predicted octanol–water partition coefficient (Wildman–Crippen LogP) is 2.42. The van der Waals surface area contributed by atoms with Gasteiger partial charge < -0.3 is 10.4 Å². The van der Waals surface area contributed by atoms with Crippen LogP contribution in [0.1, 0.15) is 47.0 Å². The molecule has 4 atom stereocenters. The molecule has 0 aliphatic heterocycles. The first-order chi connectivity index (χ1) is 7.06. The topological polar surface area (TPSA) is 32.3 Å². The maximum atomic E-state index is 9.32. The monoisotopic (exact) mass is 213 g/mol. The first-order valence-electron chi connectivity index (χ1n) is 6.43. The molecule has 0 saturated heterocycles. The van der Waals surface area contributed by atoms with Crippen LogP contribution >= 0.6 is 0 Å². The van der Waals surface area contributed by atoms with Crippen LogP contribution in [-0.2, 0) is 0 Å². The van der Waals surface area contributed by atoms with Gasteiger partial charge in [-0.15, -0.1) is 0 Å². The van der Waals surface area contributed by atoms with Crippen LogP contribution in [0, 0.1) is 17.8 Å². The van der Waals surface area contributed by atoms with E-state index in [4.69, 9.17) is 0 Å². The van der Waals surface area contributed by atoms with Crippen LogP contribution in [0.5, 0.6) is 0 Å². The smallest absolute Gasteiger partial charge is 0.0587 e. The highest BCUT2D eigenvalue weighted by Crippen LogP contribution is 2.30. The number of rotatable bonds is 4. The lowest BCUT2D eigenvalue weighted by Crippen LogP contribution is -2.49. The Labute approximate surface area is 94.5 Å². The molecule has 2 heteroatoms. The molecule has 1 aliphatic rings. The third-order valence-corrected chi connectivity index (χ3v) is 4.14. The minimum atomic E-state index is 0.259. The second kappa shape index (κ2) is 5.86. The highest BCUT2D eigenvalue weighted by molar-refractivity contribution is 4.85. The van der Waals surface area contributed by atoms with Crippen molar-refractivity contribution in [2.45, 2.75) is 59.0 Å². The Morgan fingerprint density at radius 2 is 1.93 bits per heavy atom. The molecule has 0 amide bonds. The van der Waals surface area contributed by atoms with E-state index in [9.17, 15) is 5.11 Å². The summed E-state index contributed by atoms with van der Waals surface area (Å²) in [7, 11) is 0. The number of nitrogens with one attached hydrogen (secondary N) is 1. The van der Waals surface area contributed by atoms with E-state index in [2.05, 4.69) is 33.0 Å². The Bertz CT molecular complexity index is 181. The van der Waals surface area contributed by atoms with Gasteiger partial charge >= 0.3 is 0 Å². The highest BCUT2D eigenvalue weighted by atomic mass is 16.3. The summed E-state index contributed by atoms with van der Waals surface area (Å²) in [5, 5.41) is 13.0. The predicted molar refractivity (Wildman–Crippen MR) is 64.8 cm³/mol. The molecule has 0 aromatic rings. The van der Waals surface area contributed by atoms with Crippen molar-refractivity contribution in [2.75, 3.05) is 6.61 Å². The van der Waals surface area contributed by atoms with Crippen molar-refractivity contribution in [1.29, 1.82) is 0 Å². The van der Waals surface area contributed by atoms with Crippen LogP contribution in [0.2, 0.25) is 0 Å². The molecule has 15 heavy (non-hydrogen) atoms. The zero-order valence-corrected chi connectivity index (χ0v) is 10.7. The van der Waals surface area contributed by atoms with Crippen LogP contribution in [0.3, 0.4) is 0 Å². The van der Waals surface area contributed by atoms with E-state index in [0.29, 0.717) is 12.0 Å². The van der Waals surface area contributed by atoms with Crippen molar-refractivity contribution >= 4 is 0 Å². The lowest BCUT2D eigenvalue weighted by molar-refractivity contribution is 0.146. The zero-order valence-electron chi connectivity index (χ0n) is 10.7. The number of hydrogen-bond acceptors (Lipinski definition) is 2. The van der Waals surface area contributed by atoms with Gasteiger partial charge in [-0.2, -0.15) is 0 Å². The van der Waals surface area contributed by atoms with Crippen molar-refractivity contribution < 1.29 is 5.11 Å². The van der Waals surface area contributed by atoms with Crippen LogP contribution in [0.4, 0.5) is 0 Å². The molecule has 1 saturated carbocycles. The second-order valence-electron chi connectivity index (χ2n) is 5.57. The van der Waals surface area contributed by atoms with Crippen LogP contribution in [0.15, 0.2) is 0 Å². The summed E-state index contributed by atoms with van der Waals surface area (Å²) in [4.78, 5) is 0. The highest BCUT2D eigenvalue weighted by Gasteiger charge is 2.28. The van der Waals surface area contributed by atoms with Gasteiger partial charge in [0.05, 0.1) is 6.61 Å². The summed E-state index contributed by atoms with van der Waals surface area (Å²) < 4.78 is 0. The molecule has 1 rings (SSSR count). The first-order valence-corrected chi connectivity index (χ1v) is 6.43. The van der Waals surface area contributed by atoms with Gasteiger partial charge in [-0.05, 0) is 24.2 Å². The van der Waals surface area contributed by atoms with Crippen molar-refractivity contribution in [1.82, 2.24) is 5.32 Å². The Hall–Kier alpha value is -0.0800. The van der Waals surface area contributed by atoms with Gasteiger partial charge in [0.2, 0.25) is 0 Å². The minimum absolute atomic E-state index is 0.259. The first kappa shape index (κ1) is 13.0. The average Bonchev–Trinajstić information content (AvgIpc) is 2.19. The van der Waals surface area contributed by atoms with E-state index in [1.165, 1.54) is 19.3 Å². The standard InChI is InChI=1S/C13H27NO/c1-9(2)13(8-15)14-12-7-5-6-10(3)11(12)4/h9-15H,5-8H2,1-4H3/t10?,11?,12?,13-/m1/s1. The molecule has 0 bridgehead atoms. The van der Waals surface area contributed by atoms with E-state index in [-0.39, 0.29) is 12.6 Å². The molecule has 2 N–H and O–H groups in total. The molecule has 0 aromatic carbocycles. The van der Waals surface area contributed by atoms with E-state index in [0.717, 1.165) is 11.8 Å². The Morgan fingerprint density at radius 1 is 1.27 bits per heavy atom. The summed E-state index contributed by atoms with van der Waals surface area (Å²) >= 11 is 0. The summed E-state index contributed by atoms with van der Waals surface area (Å²) in [6.45, 7) is 9.29. The van der Waals surface area contributed by atoms with Crippen molar-refractivity contribution in [3.63, 3.8) is 0 Å². The third-order valence-electron chi connectivity index (χ3n) is 4.14. The maximum Gasteiger partial charge on any atom is 0.0587 e. The number of aliphatic hydroxyl groups excluding tert-OH is 1. The largest absolute Gasteiger partial charge is 0.395 e. The molecule has 90 valence electrons. The molecule has 2 nitrogen and oxygen atoms in total. The quantitative estimate of drug-likeness (QED) is 0.751. The summed E-state index contributed by atoms with van der Waals surface area (Å²) in [6.07, 6.45) is 3.97. The van der Waals surface area contributed by atoms with Crippen molar-refractivity contribution in [3.05, 3.63) is 0 Å². The van der Waals surface area contributed by atoms with E-state index >= 15 is 0 Å². The summed E-state index contributed by atoms with van der Waals surface area (Å²) in [5.41, 5.74) is 0. The molecule has 0 heterocycles. The lowest BCUT2D eigenvalue weighted by atomic mass is 9.77. The van der Waals surface area contributed by atoms with E-state index in [1.807, 2.05) is 0 Å². The normalized spacial score (nSPS) is 34.4. The Morgan fingerprint density at radius 3 is 2.47 bits per heavy atom. The molecule has 3 unspecified atom stereocenters. The summed E-state index contributed by atoms with van der Waals surface area (Å²) in [5.74, 6) is 2.08. The van der Waals surface area contributed by atoms with Crippen LogP contribution in [0.25, 0.3) is 0 Å². The SMILES string of the molecule is CC1CCCC(N[C@H](CO)C(C)C)C1C. The van der Waals surface area contributed by atoms with Gasteiger partial charge in [-0.1, -0.05) is 40.5 Å². The molecule has 0 aromatic heterocycles. The fourth-order valence-corrected chi connectivity index (χ4v) is 2.55. The molecular formula is C13H27NO. The average molecular weight is 213 g/mol. The molecule has 1 aliphatic carbocycles. The van der Waals surface area contributed by atoms with Gasteiger partial charge in [-0.3, -0.25) is 0 Å². The number of hydrogen-bond donors (Lipinski definition) is 2. The molecule has 1 fully saturated rings. The zero-order chi connectivity index (χ0) is 11.4. The molecule has 0 radical (unpaired) electrons. The van der Waals surface area contributed by atoms with E-state index in [1.54, 1.807) is 0 Å². The fraction of sp³-hybridized carbons (Fsp3) is 1.00. The van der Waals surface area contributed by atoms with Crippen molar-refractivity contribution in [3.8, 4) is 0 Å². The van der Waals surface area contributed by atoms with Gasteiger partial charge in [0, 0.05) is 12.1 Å². The van der Waals surface area contributed by atoms with Crippen LogP contribution in [-0.4, -0.2) is 23.8 Å². The van der Waals surface area contributed by atoms with Gasteiger partial charge in [0.15, 0.2) is 0 Å². The summed E-state index contributed by atoms with van der Waals surface area (Å²) in [6, 6.07) is 0.871. The maximum absolute atomic E-state index is 9.32. The van der Waals surface area contributed by atoms with E-state index < -0.39 is 0 Å². The van der Waals surface area contributed by atoms with Crippen LogP contribution < -0.4 is 5.32 Å². The van der Waals surface area contributed by atoms with Gasteiger partial charge in [-0.25, -0.2) is 0 Å². The van der Waals surface area contributed by atoms with Gasteiger partial charge in [0.1, 0.15) is 0 Å². The minimum Gasteiger partial charge on any atom is -0.395 e. The molecular weight excluding hydrogens is 186 g/mol. The fourth-order valence-electron chi connectivity index (χ4n) is 2.55. The third kappa shape index (κ3) is 3.46. The second-order valence-corrected chi connectivity index (χ2v) is 5.57. The Kier molecular flexibility index (Phi) is 5.07. The lowest BCUT2D eigenvalue weighted by Gasteiger charge is -2.37. The Balaban J connectivity index is 2.48. The van der Waals surface area contributed by atoms with Gasteiger partial charge in [0.25, 0.3) is 0 Å². The van der Waals surface area contributed by atoms with Crippen molar-refractivity contribution in [2.24, 2.45) is 17.8 Å².